The molecule has 11 nitrogen and oxygen atoms in total. The van der Waals surface area contributed by atoms with E-state index in [4.69, 9.17) is 9.97 Å². The minimum Gasteiger partial charge on any atom is -0.335 e. The molecule has 0 aliphatic heterocycles. The highest BCUT2D eigenvalue weighted by Gasteiger charge is 2.18. The molecule has 0 saturated heterocycles. The van der Waals surface area contributed by atoms with E-state index < -0.39 is 15.8 Å². The van der Waals surface area contributed by atoms with Crippen molar-refractivity contribution >= 4 is 32.1 Å². The number of hydrogen-bond donors (Lipinski definition) is 3. The zero-order valence-corrected chi connectivity index (χ0v) is 20.1. The van der Waals surface area contributed by atoms with Crippen LogP contribution in [0.3, 0.4) is 0 Å². The van der Waals surface area contributed by atoms with Crippen molar-refractivity contribution < 1.29 is 12.8 Å². The van der Waals surface area contributed by atoms with Gasteiger partial charge in [0.25, 0.3) is 0 Å². The van der Waals surface area contributed by atoms with Crippen LogP contribution in [0.15, 0.2) is 61.3 Å². The predicted molar refractivity (Wildman–Crippen MR) is 135 cm³/mol. The van der Waals surface area contributed by atoms with Gasteiger partial charge in [-0.15, -0.1) is 0 Å². The number of rotatable bonds is 6. The smallest absolute Gasteiger partial charge is 0.209 e. The molecule has 5 aromatic heterocycles. The number of imidazole rings is 1. The SMILES string of the molecule is CS(=O)(=O)NCc1cc(F)cc(-c2cncc3[nH]c(-c4n[nH]c5ccc(-c6cnccn6)nc45)nc23)c1. The first-order chi connectivity index (χ1) is 17.8. The van der Waals surface area contributed by atoms with Gasteiger partial charge in [-0.05, 0) is 41.5 Å². The zero-order chi connectivity index (χ0) is 25.6. The monoisotopic (exact) mass is 515 g/mol. The van der Waals surface area contributed by atoms with E-state index in [-0.39, 0.29) is 6.54 Å². The third-order valence-electron chi connectivity index (χ3n) is 5.66. The number of fused-ring (bicyclic) bond motifs is 2. The molecule has 37 heavy (non-hydrogen) atoms. The Morgan fingerprint density at radius 3 is 2.65 bits per heavy atom. The van der Waals surface area contributed by atoms with Crippen LogP contribution in [0.25, 0.3) is 56.1 Å². The summed E-state index contributed by atoms with van der Waals surface area (Å²) >= 11 is 0. The molecule has 1 aromatic carbocycles. The molecular formula is C24H18FN9O2S. The lowest BCUT2D eigenvalue weighted by Gasteiger charge is -2.07. The van der Waals surface area contributed by atoms with E-state index in [1.807, 2.05) is 12.1 Å². The lowest BCUT2D eigenvalue weighted by Crippen LogP contribution is -2.21. The van der Waals surface area contributed by atoms with Crippen LogP contribution in [-0.2, 0) is 16.6 Å². The molecule has 0 unspecified atom stereocenters. The number of aromatic nitrogens is 8. The average Bonchev–Trinajstić information content (AvgIpc) is 3.51. The largest absolute Gasteiger partial charge is 0.335 e. The van der Waals surface area contributed by atoms with Gasteiger partial charge >= 0.3 is 0 Å². The molecular weight excluding hydrogens is 497 g/mol. The molecule has 13 heteroatoms. The molecule has 6 aromatic rings. The summed E-state index contributed by atoms with van der Waals surface area (Å²) in [6.45, 7) is -0.0438. The highest BCUT2D eigenvalue weighted by atomic mass is 32.2. The molecule has 0 amide bonds. The Hall–Kier alpha value is -4.62. The number of aromatic amines is 2. The minimum absolute atomic E-state index is 0.0438. The van der Waals surface area contributed by atoms with E-state index in [0.29, 0.717) is 56.1 Å². The summed E-state index contributed by atoms with van der Waals surface area (Å²) in [5.74, 6) is -0.0516. The van der Waals surface area contributed by atoms with Crippen molar-refractivity contribution in [1.82, 2.24) is 44.8 Å². The second-order valence-electron chi connectivity index (χ2n) is 8.37. The van der Waals surface area contributed by atoms with Gasteiger partial charge in [-0.1, -0.05) is 0 Å². The number of pyridine rings is 2. The van der Waals surface area contributed by atoms with E-state index in [1.54, 1.807) is 37.1 Å². The van der Waals surface area contributed by atoms with Crippen LogP contribution in [0.4, 0.5) is 4.39 Å². The molecule has 5 heterocycles. The van der Waals surface area contributed by atoms with Crippen LogP contribution in [0, 0.1) is 5.82 Å². The fourth-order valence-corrected chi connectivity index (χ4v) is 4.45. The number of hydrogen-bond acceptors (Lipinski definition) is 8. The summed E-state index contributed by atoms with van der Waals surface area (Å²) in [5.41, 5.74) is 5.80. The Kier molecular flexibility index (Phi) is 5.43. The van der Waals surface area contributed by atoms with E-state index in [1.165, 1.54) is 12.1 Å². The van der Waals surface area contributed by atoms with Crippen molar-refractivity contribution in [1.29, 1.82) is 0 Å². The fraction of sp³-hybridized carbons (Fsp3) is 0.0833. The van der Waals surface area contributed by atoms with E-state index in [2.05, 4.69) is 34.9 Å². The highest BCUT2D eigenvalue weighted by Crippen LogP contribution is 2.31. The maximum absolute atomic E-state index is 14.5. The number of nitrogens with zero attached hydrogens (tertiary/aromatic N) is 6. The minimum atomic E-state index is -3.43. The molecule has 0 radical (unpaired) electrons. The third kappa shape index (κ3) is 4.52. The van der Waals surface area contributed by atoms with E-state index in [0.717, 1.165) is 11.8 Å². The number of nitrogens with one attached hydrogen (secondary N) is 3. The summed E-state index contributed by atoms with van der Waals surface area (Å²) < 4.78 is 39.8. The summed E-state index contributed by atoms with van der Waals surface area (Å²) in [6, 6.07) is 8.02. The first-order valence-electron chi connectivity index (χ1n) is 11.0. The zero-order valence-electron chi connectivity index (χ0n) is 19.3. The Bertz CT molecular complexity index is 1890. The Labute approximate surface area is 209 Å². The van der Waals surface area contributed by atoms with Gasteiger partial charge in [0, 0.05) is 30.7 Å². The van der Waals surface area contributed by atoms with Crippen molar-refractivity contribution in [3.8, 4) is 34.0 Å². The van der Waals surface area contributed by atoms with Gasteiger partial charge < -0.3 is 4.98 Å². The molecule has 0 aliphatic carbocycles. The van der Waals surface area contributed by atoms with Gasteiger partial charge in [-0.2, -0.15) is 5.10 Å². The van der Waals surface area contributed by atoms with Crippen molar-refractivity contribution in [3.63, 3.8) is 0 Å². The third-order valence-corrected chi connectivity index (χ3v) is 6.33. The van der Waals surface area contributed by atoms with Crippen molar-refractivity contribution in [2.75, 3.05) is 6.26 Å². The summed E-state index contributed by atoms with van der Waals surface area (Å²) in [7, 11) is -3.43. The van der Waals surface area contributed by atoms with Gasteiger partial charge in [-0.3, -0.25) is 20.1 Å². The molecule has 6 rings (SSSR count). The fourth-order valence-electron chi connectivity index (χ4n) is 4.02. The summed E-state index contributed by atoms with van der Waals surface area (Å²) in [5, 5.41) is 7.38. The Morgan fingerprint density at radius 1 is 0.946 bits per heavy atom. The highest BCUT2D eigenvalue weighted by molar-refractivity contribution is 7.88. The molecule has 0 saturated carbocycles. The van der Waals surface area contributed by atoms with Crippen LogP contribution >= 0.6 is 0 Å². The van der Waals surface area contributed by atoms with Crippen molar-refractivity contribution in [3.05, 3.63) is 72.7 Å². The predicted octanol–water partition coefficient (Wildman–Crippen LogP) is 3.21. The molecule has 0 bridgehead atoms. The molecule has 0 fully saturated rings. The molecule has 3 N–H and O–H groups in total. The summed E-state index contributed by atoms with van der Waals surface area (Å²) in [4.78, 5) is 25.4. The molecule has 0 atom stereocenters. The van der Waals surface area contributed by atoms with Gasteiger partial charge in [0.2, 0.25) is 10.0 Å². The quantitative estimate of drug-likeness (QED) is 0.305. The number of H-pyrrole nitrogens is 2. The van der Waals surface area contributed by atoms with Gasteiger partial charge in [0.15, 0.2) is 11.5 Å². The number of benzene rings is 1. The maximum atomic E-state index is 14.5. The molecule has 0 spiro atoms. The Morgan fingerprint density at radius 2 is 1.84 bits per heavy atom. The number of halogens is 1. The normalized spacial score (nSPS) is 11.9. The standard InChI is InChI=1S/C24H18FN9O2S/c1-37(35,36)29-9-13-6-14(8-15(25)7-13)16-10-27-12-20-21(16)32-24(31-20)23-22-18(33-34-23)3-2-17(30-22)19-11-26-4-5-28-19/h2-8,10-12,29H,9H2,1H3,(H,31,32)(H,33,34). The van der Waals surface area contributed by atoms with Gasteiger partial charge in [0.1, 0.15) is 17.0 Å². The maximum Gasteiger partial charge on any atom is 0.209 e. The average molecular weight is 516 g/mol. The topological polar surface area (TPSA) is 155 Å². The first-order valence-corrected chi connectivity index (χ1v) is 12.9. The van der Waals surface area contributed by atoms with Crippen LogP contribution < -0.4 is 4.72 Å². The molecule has 184 valence electrons. The summed E-state index contributed by atoms with van der Waals surface area (Å²) in [6.07, 6.45) is 9.07. The van der Waals surface area contributed by atoms with Crippen LogP contribution in [0.1, 0.15) is 5.56 Å². The second kappa shape index (κ2) is 8.80. The van der Waals surface area contributed by atoms with Crippen molar-refractivity contribution in [2.24, 2.45) is 0 Å². The second-order valence-corrected chi connectivity index (χ2v) is 10.2. The molecule has 0 aliphatic rings. The van der Waals surface area contributed by atoms with Gasteiger partial charge in [-0.25, -0.2) is 27.5 Å². The van der Waals surface area contributed by atoms with Crippen LogP contribution in [0.5, 0.6) is 0 Å². The Balaban J connectivity index is 1.44. The lowest BCUT2D eigenvalue weighted by molar-refractivity contribution is 0.586. The van der Waals surface area contributed by atoms with Crippen LogP contribution in [0.2, 0.25) is 0 Å². The lowest BCUT2D eigenvalue weighted by atomic mass is 10.0. The van der Waals surface area contributed by atoms with Crippen LogP contribution in [-0.4, -0.2) is 54.8 Å². The first kappa shape index (κ1) is 22.8. The van der Waals surface area contributed by atoms with E-state index in [9.17, 15) is 12.8 Å². The van der Waals surface area contributed by atoms with Gasteiger partial charge in [0.05, 0.1) is 40.9 Å². The van der Waals surface area contributed by atoms with Crippen molar-refractivity contribution in [2.45, 2.75) is 6.54 Å². The van der Waals surface area contributed by atoms with E-state index >= 15 is 0 Å². The number of sulfonamides is 1.